The van der Waals surface area contributed by atoms with Gasteiger partial charge >= 0.3 is 0 Å². The molecular formula is C15H20N2O2S. The lowest BCUT2D eigenvalue weighted by molar-refractivity contribution is -0.116. The zero-order chi connectivity index (χ0) is 14.8. The highest BCUT2D eigenvalue weighted by Gasteiger charge is 2.24. The number of nitrogens with zero attached hydrogens (tertiary/aromatic N) is 1. The van der Waals surface area contributed by atoms with Gasteiger partial charge in [0.2, 0.25) is 5.91 Å². The zero-order valence-electron chi connectivity index (χ0n) is 12.1. The van der Waals surface area contributed by atoms with Gasteiger partial charge in [0.15, 0.2) is 0 Å². The Morgan fingerprint density at radius 1 is 1.35 bits per heavy atom. The second-order valence-corrected chi connectivity index (χ2v) is 6.93. The molecule has 1 aliphatic heterocycles. The first-order valence-electron chi connectivity index (χ1n) is 6.69. The summed E-state index contributed by atoms with van der Waals surface area (Å²) in [5, 5.41) is 2.91. The van der Waals surface area contributed by atoms with Gasteiger partial charge in [-0.15, -0.1) is 0 Å². The molecule has 0 aliphatic carbocycles. The molecular weight excluding hydrogens is 272 g/mol. The highest BCUT2D eigenvalue weighted by Crippen LogP contribution is 2.29. The molecule has 1 saturated heterocycles. The topological polar surface area (TPSA) is 49.4 Å². The molecule has 2 rings (SSSR count). The minimum atomic E-state index is -0.141. The summed E-state index contributed by atoms with van der Waals surface area (Å²) in [6, 6.07) is 7.80. The van der Waals surface area contributed by atoms with Crippen LogP contribution in [0.25, 0.3) is 0 Å². The molecule has 1 aromatic rings. The van der Waals surface area contributed by atoms with E-state index in [9.17, 15) is 9.59 Å². The van der Waals surface area contributed by atoms with Gasteiger partial charge in [0.1, 0.15) is 6.54 Å². The van der Waals surface area contributed by atoms with E-state index in [0.717, 1.165) is 17.0 Å². The van der Waals surface area contributed by atoms with Crippen molar-refractivity contribution >= 4 is 28.6 Å². The highest BCUT2D eigenvalue weighted by atomic mass is 32.2. The van der Waals surface area contributed by atoms with E-state index in [1.54, 1.807) is 4.90 Å². The van der Waals surface area contributed by atoms with E-state index in [1.807, 2.05) is 24.3 Å². The lowest BCUT2D eigenvalue weighted by Crippen LogP contribution is -2.33. The van der Waals surface area contributed by atoms with Gasteiger partial charge in [-0.2, -0.15) is 0 Å². The Kier molecular flexibility index (Phi) is 4.38. The fourth-order valence-electron chi connectivity index (χ4n) is 2.18. The summed E-state index contributed by atoms with van der Waals surface area (Å²) in [7, 11) is 0. The van der Waals surface area contributed by atoms with Gasteiger partial charge in [-0.3, -0.25) is 9.59 Å². The minimum Gasteiger partial charge on any atom is -0.324 e. The van der Waals surface area contributed by atoms with E-state index in [1.165, 1.54) is 11.8 Å². The van der Waals surface area contributed by atoms with E-state index < -0.39 is 0 Å². The Morgan fingerprint density at radius 3 is 2.65 bits per heavy atom. The predicted octanol–water partition coefficient (Wildman–Crippen LogP) is 3.09. The molecule has 108 valence electrons. The van der Waals surface area contributed by atoms with Gasteiger partial charge < -0.3 is 10.2 Å². The standard InChI is InChI=1S/C15H20N2O2S/c1-15(2,3)11-6-4-5-7-12(11)16-13(18)10-17-8-9-20-14(17)19/h4-7H,8-10H2,1-3H3,(H,16,18). The first kappa shape index (κ1) is 14.9. The third-order valence-electron chi connectivity index (χ3n) is 3.19. The fourth-order valence-corrected chi connectivity index (χ4v) is 3.00. The van der Waals surface area contributed by atoms with Crippen LogP contribution in [0.2, 0.25) is 0 Å². The highest BCUT2D eigenvalue weighted by molar-refractivity contribution is 8.13. The number of amides is 2. The van der Waals surface area contributed by atoms with Crippen molar-refractivity contribution in [1.29, 1.82) is 0 Å². The van der Waals surface area contributed by atoms with Crippen LogP contribution in [0.5, 0.6) is 0 Å². The molecule has 5 heteroatoms. The van der Waals surface area contributed by atoms with E-state index in [4.69, 9.17) is 0 Å². The fraction of sp³-hybridized carbons (Fsp3) is 0.467. The molecule has 1 aromatic carbocycles. The van der Waals surface area contributed by atoms with Crippen LogP contribution in [0.1, 0.15) is 26.3 Å². The maximum absolute atomic E-state index is 12.1. The minimum absolute atomic E-state index is 0.00995. The quantitative estimate of drug-likeness (QED) is 0.931. The second kappa shape index (κ2) is 5.87. The summed E-state index contributed by atoms with van der Waals surface area (Å²) in [4.78, 5) is 25.2. The summed E-state index contributed by atoms with van der Waals surface area (Å²) < 4.78 is 0. The molecule has 4 nitrogen and oxygen atoms in total. The molecule has 20 heavy (non-hydrogen) atoms. The molecule has 1 fully saturated rings. The van der Waals surface area contributed by atoms with Crippen molar-refractivity contribution in [1.82, 2.24) is 4.90 Å². The van der Waals surface area contributed by atoms with Gasteiger partial charge in [0.25, 0.3) is 5.24 Å². The van der Waals surface area contributed by atoms with Crippen molar-refractivity contribution in [2.24, 2.45) is 0 Å². The Labute approximate surface area is 123 Å². The molecule has 0 bridgehead atoms. The number of carbonyl (C=O) groups excluding carboxylic acids is 2. The number of hydrogen-bond donors (Lipinski definition) is 1. The summed E-state index contributed by atoms with van der Waals surface area (Å²) in [5.41, 5.74) is 1.88. The third-order valence-corrected chi connectivity index (χ3v) is 4.08. The lowest BCUT2D eigenvalue weighted by Gasteiger charge is -2.23. The van der Waals surface area contributed by atoms with Gasteiger partial charge in [-0.25, -0.2) is 0 Å². The average Bonchev–Trinajstić information content (AvgIpc) is 2.74. The van der Waals surface area contributed by atoms with Crippen molar-refractivity contribution in [2.75, 3.05) is 24.2 Å². The van der Waals surface area contributed by atoms with Gasteiger partial charge in [-0.1, -0.05) is 50.7 Å². The molecule has 0 atom stereocenters. The molecule has 0 spiro atoms. The van der Waals surface area contributed by atoms with Crippen molar-refractivity contribution in [3.63, 3.8) is 0 Å². The summed E-state index contributed by atoms with van der Waals surface area (Å²) in [6.07, 6.45) is 0. The van der Waals surface area contributed by atoms with Crippen LogP contribution >= 0.6 is 11.8 Å². The van der Waals surface area contributed by atoms with Gasteiger partial charge in [-0.05, 0) is 17.0 Å². The number of hydrogen-bond acceptors (Lipinski definition) is 3. The Hall–Kier alpha value is -1.49. The molecule has 2 amide bonds. The first-order valence-corrected chi connectivity index (χ1v) is 7.67. The lowest BCUT2D eigenvalue weighted by atomic mass is 9.86. The first-order chi connectivity index (χ1) is 9.38. The Bertz CT molecular complexity index is 523. The zero-order valence-corrected chi connectivity index (χ0v) is 12.9. The number of carbonyl (C=O) groups is 2. The van der Waals surface area contributed by atoms with Crippen LogP contribution < -0.4 is 5.32 Å². The average molecular weight is 292 g/mol. The molecule has 0 radical (unpaired) electrons. The second-order valence-electron chi connectivity index (χ2n) is 5.88. The molecule has 0 saturated carbocycles. The number of para-hydroxylation sites is 1. The van der Waals surface area contributed by atoms with Crippen molar-refractivity contribution in [2.45, 2.75) is 26.2 Å². The third kappa shape index (κ3) is 3.54. The van der Waals surface area contributed by atoms with E-state index in [-0.39, 0.29) is 23.1 Å². The number of benzene rings is 1. The summed E-state index contributed by atoms with van der Waals surface area (Å²) >= 11 is 1.27. The van der Waals surface area contributed by atoms with Gasteiger partial charge in [0, 0.05) is 18.0 Å². The number of nitrogens with one attached hydrogen (secondary N) is 1. The van der Waals surface area contributed by atoms with Crippen molar-refractivity contribution < 1.29 is 9.59 Å². The largest absolute Gasteiger partial charge is 0.324 e. The van der Waals surface area contributed by atoms with Crippen molar-refractivity contribution in [3.8, 4) is 0 Å². The summed E-state index contributed by atoms with van der Waals surface area (Å²) in [5.74, 6) is 0.627. The van der Waals surface area contributed by atoms with Gasteiger partial charge in [0.05, 0.1) is 0 Å². The van der Waals surface area contributed by atoms with Crippen LogP contribution in [-0.4, -0.2) is 34.9 Å². The monoisotopic (exact) mass is 292 g/mol. The van der Waals surface area contributed by atoms with Crippen LogP contribution in [0.15, 0.2) is 24.3 Å². The van der Waals surface area contributed by atoms with Crippen LogP contribution in [0, 0.1) is 0 Å². The molecule has 0 unspecified atom stereocenters. The molecule has 1 heterocycles. The Balaban J connectivity index is 2.06. The smallest absolute Gasteiger partial charge is 0.282 e. The SMILES string of the molecule is CC(C)(C)c1ccccc1NC(=O)CN1CCSC1=O. The van der Waals surface area contributed by atoms with E-state index >= 15 is 0 Å². The normalized spacial score (nSPS) is 15.6. The van der Waals surface area contributed by atoms with Crippen LogP contribution in [-0.2, 0) is 10.2 Å². The maximum atomic E-state index is 12.1. The number of thioether (sulfide) groups is 1. The van der Waals surface area contributed by atoms with Crippen molar-refractivity contribution in [3.05, 3.63) is 29.8 Å². The maximum Gasteiger partial charge on any atom is 0.282 e. The predicted molar refractivity (Wildman–Crippen MR) is 83.2 cm³/mol. The molecule has 0 aromatic heterocycles. The van der Waals surface area contributed by atoms with E-state index in [0.29, 0.717) is 6.54 Å². The van der Waals surface area contributed by atoms with Crippen LogP contribution in [0.3, 0.4) is 0 Å². The number of rotatable bonds is 3. The molecule has 1 N–H and O–H groups in total. The van der Waals surface area contributed by atoms with Crippen LogP contribution in [0.4, 0.5) is 10.5 Å². The number of anilines is 1. The molecule has 1 aliphatic rings. The Morgan fingerprint density at radius 2 is 2.05 bits per heavy atom. The summed E-state index contributed by atoms with van der Waals surface area (Å²) in [6.45, 7) is 7.11. The van der Waals surface area contributed by atoms with E-state index in [2.05, 4.69) is 26.1 Å².